The van der Waals surface area contributed by atoms with Crippen molar-refractivity contribution in [3.8, 4) is 17.6 Å². The molecule has 0 aliphatic heterocycles. The summed E-state index contributed by atoms with van der Waals surface area (Å²) in [7, 11) is 0. The van der Waals surface area contributed by atoms with Crippen LogP contribution in [0.4, 0.5) is 0 Å². The van der Waals surface area contributed by atoms with Gasteiger partial charge in [-0.05, 0) is 42.7 Å². The van der Waals surface area contributed by atoms with Gasteiger partial charge in [-0.3, -0.25) is 4.79 Å². The number of hydrogen-bond acceptors (Lipinski definition) is 4. The molecule has 1 unspecified atom stereocenters. The van der Waals surface area contributed by atoms with E-state index in [0.717, 1.165) is 22.4 Å². The van der Waals surface area contributed by atoms with E-state index in [1.165, 1.54) is 0 Å². The first-order valence-corrected chi connectivity index (χ1v) is 8.65. The fraction of sp³-hybridized carbons (Fsp3) is 0.318. The van der Waals surface area contributed by atoms with Crippen LogP contribution in [0.3, 0.4) is 0 Å². The van der Waals surface area contributed by atoms with Crippen molar-refractivity contribution in [1.82, 2.24) is 0 Å². The summed E-state index contributed by atoms with van der Waals surface area (Å²) in [5.74, 6) is 6.27. The number of benzene rings is 2. The van der Waals surface area contributed by atoms with E-state index < -0.39 is 0 Å². The Bertz CT molecular complexity index is 751. The molecule has 0 bridgehead atoms. The van der Waals surface area contributed by atoms with Crippen molar-refractivity contribution in [3.63, 3.8) is 0 Å². The van der Waals surface area contributed by atoms with Gasteiger partial charge in [-0.2, -0.15) is 0 Å². The first-order chi connectivity index (χ1) is 12.7. The summed E-state index contributed by atoms with van der Waals surface area (Å²) in [6.45, 7) is 4.42. The number of aliphatic hydroxyl groups excluding tert-OH is 1. The molecule has 0 radical (unpaired) electrons. The summed E-state index contributed by atoms with van der Waals surface area (Å²) in [6, 6.07) is 15.3. The molecule has 1 N–H and O–H groups in total. The first kappa shape index (κ1) is 19.6. The van der Waals surface area contributed by atoms with Crippen molar-refractivity contribution in [2.24, 2.45) is 0 Å². The first-order valence-electron chi connectivity index (χ1n) is 8.65. The lowest BCUT2D eigenvalue weighted by molar-refractivity contribution is -0.143. The van der Waals surface area contributed by atoms with Crippen LogP contribution in [-0.4, -0.2) is 17.7 Å². The maximum Gasteiger partial charge on any atom is 0.307 e. The Hall–Kier alpha value is -2.77. The van der Waals surface area contributed by atoms with Gasteiger partial charge in [-0.1, -0.05) is 42.3 Å². The maximum atomic E-state index is 11.7. The molecule has 0 aliphatic carbocycles. The fourth-order valence-electron chi connectivity index (χ4n) is 2.52. The van der Waals surface area contributed by atoms with Crippen molar-refractivity contribution in [3.05, 3.63) is 65.2 Å². The molecule has 0 aliphatic rings. The van der Waals surface area contributed by atoms with E-state index in [4.69, 9.17) is 14.6 Å². The predicted octanol–water partition coefficient (Wildman–Crippen LogP) is 3.82. The Labute approximate surface area is 154 Å². The molecule has 0 aromatic heterocycles. The Morgan fingerprint density at radius 1 is 1.08 bits per heavy atom. The Kier molecular flexibility index (Phi) is 7.73. The lowest BCUT2D eigenvalue weighted by Gasteiger charge is -2.12. The van der Waals surface area contributed by atoms with Gasteiger partial charge in [0.05, 0.1) is 25.6 Å². The second kappa shape index (κ2) is 10.3. The van der Waals surface area contributed by atoms with Crippen LogP contribution in [0.2, 0.25) is 0 Å². The van der Waals surface area contributed by atoms with Gasteiger partial charge in [0, 0.05) is 0 Å². The quantitative estimate of drug-likeness (QED) is 0.580. The second-order valence-corrected chi connectivity index (χ2v) is 5.79. The highest BCUT2D eigenvalue weighted by Gasteiger charge is 2.14. The zero-order chi connectivity index (χ0) is 18.8. The van der Waals surface area contributed by atoms with Gasteiger partial charge in [0.1, 0.15) is 12.4 Å². The number of rotatable bonds is 8. The molecule has 4 heteroatoms. The number of carbonyl (C=O) groups excluding carboxylic acids is 1. The normalized spacial score (nSPS) is 11.2. The van der Waals surface area contributed by atoms with E-state index in [0.29, 0.717) is 13.2 Å². The molecule has 26 heavy (non-hydrogen) atoms. The van der Waals surface area contributed by atoms with Gasteiger partial charge in [0.25, 0.3) is 0 Å². The van der Waals surface area contributed by atoms with Crippen molar-refractivity contribution in [2.75, 3.05) is 6.61 Å². The van der Waals surface area contributed by atoms with Crippen LogP contribution in [0, 0.1) is 11.8 Å². The lowest BCUT2D eigenvalue weighted by Crippen LogP contribution is -2.09. The molecule has 0 amide bonds. The number of hydrogen-bond donors (Lipinski definition) is 1. The molecule has 2 aromatic carbocycles. The summed E-state index contributed by atoms with van der Waals surface area (Å²) in [6.07, 6.45) is 0.242. The van der Waals surface area contributed by atoms with Crippen molar-refractivity contribution >= 4 is 5.97 Å². The van der Waals surface area contributed by atoms with Crippen LogP contribution in [0.25, 0.3) is 0 Å². The molecule has 4 nitrogen and oxygen atoms in total. The summed E-state index contributed by atoms with van der Waals surface area (Å²) in [5, 5.41) is 9.06. The van der Waals surface area contributed by atoms with Crippen LogP contribution < -0.4 is 4.74 Å². The van der Waals surface area contributed by atoms with Gasteiger partial charge in [-0.15, -0.1) is 5.92 Å². The summed E-state index contributed by atoms with van der Waals surface area (Å²) in [4.78, 5) is 11.7. The highest BCUT2D eigenvalue weighted by Crippen LogP contribution is 2.23. The van der Waals surface area contributed by atoms with E-state index in [-0.39, 0.29) is 24.9 Å². The van der Waals surface area contributed by atoms with E-state index in [1.54, 1.807) is 13.8 Å². The van der Waals surface area contributed by atoms with Crippen molar-refractivity contribution in [1.29, 1.82) is 0 Å². The SMILES string of the molecule is CC#CC(CC(=O)OCC)c1ccc(OCc2ccc(CO)cc2)cc1. The minimum Gasteiger partial charge on any atom is -0.489 e. The third kappa shape index (κ3) is 5.94. The largest absolute Gasteiger partial charge is 0.489 e. The molecule has 0 fully saturated rings. The van der Waals surface area contributed by atoms with Gasteiger partial charge in [-0.25, -0.2) is 0 Å². The Morgan fingerprint density at radius 2 is 1.73 bits per heavy atom. The molecular formula is C22H24O4. The van der Waals surface area contributed by atoms with Crippen LogP contribution in [-0.2, 0) is 22.7 Å². The van der Waals surface area contributed by atoms with E-state index in [9.17, 15) is 4.79 Å². The fourth-order valence-corrected chi connectivity index (χ4v) is 2.52. The van der Waals surface area contributed by atoms with Crippen LogP contribution >= 0.6 is 0 Å². The van der Waals surface area contributed by atoms with Gasteiger partial charge >= 0.3 is 5.97 Å². The third-order valence-corrected chi connectivity index (χ3v) is 3.89. The van der Waals surface area contributed by atoms with Gasteiger partial charge < -0.3 is 14.6 Å². The highest BCUT2D eigenvalue weighted by molar-refractivity contribution is 5.71. The van der Waals surface area contributed by atoms with Crippen LogP contribution in [0.15, 0.2) is 48.5 Å². The van der Waals surface area contributed by atoms with Gasteiger partial charge in [0.15, 0.2) is 0 Å². The zero-order valence-corrected chi connectivity index (χ0v) is 15.2. The van der Waals surface area contributed by atoms with Crippen molar-refractivity contribution < 1.29 is 19.4 Å². The van der Waals surface area contributed by atoms with Crippen molar-refractivity contribution in [2.45, 2.75) is 39.4 Å². The average molecular weight is 352 g/mol. The Morgan fingerprint density at radius 3 is 2.31 bits per heavy atom. The predicted molar refractivity (Wildman–Crippen MR) is 101 cm³/mol. The van der Waals surface area contributed by atoms with E-state index >= 15 is 0 Å². The smallest absolute Gasteiger partial charge is 0.307 e. The number of esters is 1. The third-order valence-electron chi connectivity index (χ3n) is 3.89. The highest BCUT2D eigenvalue weighted by atomic mass is 16.5. The van der Waals surface area contributed by atoms with Crippen LogP contribution in [0.5, 0.6) is 5.75 Å². The summed E-state index contributed by atoms with van der Waals surface area (Å²) >= 11 is 0. The summed E-state index contributed by atoms with van der Waals surface area (Å²) in [5.41, 5.74) is 2.87. The topological polar surface area (TPSA) is 55.8 Å². The molecule has 0 spiro atoms. The maximum absolute atomic E-state index is 11.7. The van der Waals surface area contributed by atoms with Gasteiger partial charge in [0.2, 0.25) is 0 Å². The summed E-state index contributed by atoms with van der Waals surface area (Å²) < 4.78 is 10.8. The molecule has 1 atom stereocenters. The zero-order valence-electron chi connectivity index (χ0n) is 15.2. The number of ether oxygens (including phenoxy) is 2. The number of aliphatic hydroxyl groups is 1. The molecular weight excluding hydrogens is 328 g/mol. The van der Waals surface area contributed by atoms with E-state index in [1.807, 2.05) is 48.5 Å². The Balaban J connectivity index is 1.98. The molecule has 0 saturated heterocycles. The molecule has 2 rings (SSSR count). The number of carbonyl (C=O) groups is 1. The standard InChI is InChI=1S/C22H24O4/c1-3-5-20(14-22(24)25-4-2)19-10-12-21(13-11-19)26-16-18-8-6-17(15-23)7-9-18/h6-13,20,23H,4,14-16H2,1-2H3. The monoisotopic (exact) mass is 352 g/mol. The molecule has 0 saturated carbocycles. The molecule has 0 heterocycles. The average Bonchev–Trinajstić information content (AvgIpc) is 2.67. The van der Waals surface area contributed by atoms with Crippen LogP contribution in [0.1, 0.15) is 42.9 Å². The molecule has 136 valence electrons. The minimum atomic E-state index is -0.244. The second-order valence-electron chi connectivity index (χ2n) is 5.79. The molecule has 2 aromatic rings. The minimum absolute atomic E-state index is 0.0379. The lowest BCUT2D eigenvalue weighted by atomic mass is 9.96. The van der Waals surface area contributed by atoms with E-state index in [2.05, 4.69) is 11.8 Å².